The number of rotatable bonds is 4. The standard InChI is InChI=1S/C15H15BrN2O3/c1-20-13-7-6-9(16)8-12(13)18-15(19)10-4-3-5-11(17)14(10)21-2/h3-8H,17H2,1-2H3,(H,18,19). The third-order valence-corrected chi connectivity index (χ3v) is 3.40. The molecule has 2 rings (SSSR count). The summed E-state index contributed by atoms with van der Waals surface area (Å²) < 4.78 is 11.2. The summed E-state index contributed by atoms with van der Waals surface area (Å²) in [6.07, 6.45) is 0. The van der Waals surface area contributed by atoms with E-state index in [1.807, 2.05) is 6.07 Å². The van der Waals surface area contributed by atoms with Gasteiger partial charge in [-0.1, -0.05) is 22.0 Å². The molecule has 0 aliphatic heterocycles. The number of halogens is 1. The second kappa shape index (κ2) is 6.49. The van der Waals surface area contributed by atoms with E-state index in [0.29, 0.717) is 28.4 Å². The van der Waals surface area contributed by atoms with E-state index in [-0.39, 0.29) is 5.91 Å². The summed E-state index contributed by atoms with van der Waals surface area (Å²) in [4.78, 5) is 12.4. The van der Waals surface area contributed by atoms with Crippen LogP contribution in [0.1, 0.15) is 10.4 Å². The summed E-state index contributed by atoms with van der Waals surface area (Å²) in [7, 11) is 3.02. The Kier molecular flexibility index (Phi) is 4.70. The average molecular weight is 351 g/mol. The zero-order valence-corrected chi connectivity index (χ0v) is 13.2. The normalized spacial score (nSPS) is 10.0. The van der Waals surface area contributed by atoms with Crippen molar-refractivity contribution < 1.29 is 14.3 Å². The molecular weight excluding hydrogens is 336 g/mol. The number of methoxy groups -OCH3 is 2. The van der Waals surface area contributed by atoms with E-state index >= 15 is 0 Å². The van der Waals surface area contributed by atoms with Gasteiger partial charge in [-0.05, 0) is 30.3 Å². The van der Waals surface area contributed by atoms with Gasteiger partial charge in [-0.25, -0.2) is 0 Å². The van der Waals surface area contributed by atoms with Crippen LogP contribution in [0.15, 0.2) is 40.9 Å². The highest BCUT2D eigenvalue weighted by molar-refractivity contribution is 9.10. The van der Waals surface area contributed by atoms with Crippen molar-refractivity contribution in [2.45, 2.75) is 0 Å². The largest absolute Gasteiger partial charge is 0.495 e. The maximum atomic E-state index is 12.4. The number of hydrogen-bond donors (Lipinski definition) is 2. The van der Waals surface area contributed by atoms with Crippen molar-refractivity contribution in [3.05, 3.63) is 46.4 Å². The van der Waals surface area contributed by atoms with Gasteiger partial charge in [0.2, 0.25) is 0 Å². The average Bonchev–Trinajstić information content (AvgIpc) is 2.47. The fraction of sp³-hybridized carbons (Fsp3) is 0.133. The molecule has 0 unspecified atom stereocenters. The van der Waals surface area contributed by atoms with E-state index in [1.54, 1.807) is 37.4 Å². The van der Waals surface area contributed by atoms with Crippen molar-refractivity contribution in [2.75, 3.05) is 25.3 Å². The predicted octanol–water partition coefficient (Wildman–Crippen LogP) is 3.30. The van der Waals surface area contributed by atoms with E-state index in [1.165, 1.54) is 7.11 Å². The SMILES string of the molecule is COc1ccc(Br)cc1NC(=O)c1cccc(N)c1OC. The first-order valence-electron chi connectivity index (χ1n) is 6.14. The van der Waals surface area contributed by atoms with Gasteiger partial charge in [0.15, 0.2) is 5.75 Å². The van der Waals surface area contributed by atoms with Crippen molar-refractivity contribution in [1.29, 1.82) is 0 Å². The van der Waals surface area contributed by atoms with Crippen LogP contribution in [0.4, 0.5) is 11.4 Å². The molecule has 21 heavy (non-hydrogen) atoms. The second-order valence-electron chi connectivity index (χ2n) is 4.23. The number of benzene rings is 2. The number of anilines is 2. The van der Waals surface area contributed by atoms with Crippen molar-refractivity contribution in [1.82, 2.24) is 0 Å². The predicted molar refractivity (Wildman–Crippen MR) is 86.1 cm³/mol. The zero-order valence-electron chi connectivity index (χ0n) is 11.6. The van der Waals surface area contributed by atoms with E-state index < -0.39 is 0 Å². The highest BCUT2D eigenvalue weighted by Gasteiger charge is 2.16. The molecule has 2 aromatic carbocycles. The smallest absolute Gasteiger partial charge is 0.259 e. The molecular formula is C15H15BrN2O3. The number of amides is 1. The summed E-state index contributed by atoms with van der Waals surface area (Å²) in [5, 5.41) is 2.79. The number of carbonyl (C=O) groups excluding carboxylic acids is 1. The molecule has 0 fully saturated rings. The van der Waals surface area contributed by atoms with Crippen molar-refractivity contribution in [3.63, 3.8) is 0 Å². The quantitative estimate of drug-likeness (QED) is 0.829. The van der Waals surface area contributed by atoms with Gasteiger partial charge >= 0.3 is 0 Å². The summed E-state index contributed by atoms with van der Waals surface area (Å²) in [6.45, 7) is 0. The Morgan fingerprint density at radius 3 is 2.62 bits per heavy atom. The molecule has 110 valence electrons. The Balaban J connectivity index is 2.35. The molecule has 0 bridgehead atoms. The van der Waals surface area contributed by atoms with Crippen molar-refractivity contribution in [3.8, 4) is 11.5 Å². The Hall–Kier alpha value is -2.21. The summed E-state index contributed by atoms with van der Waals surface area (Å²) in [5.41, 5.74) is 7.13. The summed E-state index contributed by atoms with van der Waals surface area (Å²) in [5.74, 6) is 0.592. The fourth-order valence-electron chi connectivity index (χ4n) is 1.93. The molecule has 2 aromatic rings. The third-order valence-electron chi connectivity index (χ3n) is 2.90. The molecule has 0 radical (unpaired) electrons. The van der Waals surface area contributed by atoms with Crippen molar-refractivity contribution >= 4 is 33.2 Å². The van der Waals surface area contributed by atoms with Crippen LogP contribution in [-0.4, -0.2) is 20.1 Å². The molecule has 1 amide bonds. The van der Waals surface area contributed by atoms with Crippen LogP contribution < -0.4 is 20.5 Å². The zero-order chi connectivity index (χ0) is 15.4. The molecule has 0 saturated heterocycles. The molecule has 0 atom stereocenters. The van der Waals surface area contributed by atoms with E-state index in [2.05, 4.69) is 21.2 Å². The number of para-hydroxylation sites is 1. The van der Waals surface area contributed by atoms with Crippen LogP contribution >= 0.6 is 15.9 Å². The minimum absolute atomic E-state index is 0.324. The van der Waals surface area contributed by atoms with Crippen LogP contribution in [0.3, 0.4) is 0 Å². The lowest BCUT2D eigenvalue weighted by atomic mass is 10.1. The fourth-order valence-corrected chi connectivity index (χ4v) is 2.29. The van der Waals surface area contributed by atoms with Gasteiger partial charge in [-0.2, -0.15) is 0 Å². The Morgan fingerprint density at radius 1 is 1.19 bits per heavy atom. The number of nitrogen functional groups attached to an aromatic ring is 1. The minimum Gasteiger partial charge on any atom is -0.495 e. The molecule has 0 spiro atoms. The summed E-state index contributed by atoms with van der Waals surface area (Å²) >= 11 is 3.36. The molecule has 6 heteroatoms. The van der Waals surface area contributed by atoms with Crippen LogP contribution in [0, 0.1) is 0 Å². The van der Waals surface area contributed by atoms with Crippen LogP contribution in [0.25, 0.3) is 0 Å². The van der Waals surface area contributed by atoms with Crippen LogP contribution in [0.2, 0.25) is 0 Å². The molecule has 0 saturated carbocycles. The van der Waals surface area contributed by atoms with E-state index in [9.17, 15) is 4.79 Å². The molecule has 0 aromatic heterocycles. The van der Waals surface area contributed by atoms with E-state index in [4.69, 9.17) is 15.2 Å². The highest BCUT2D eigenvalue weighted by Crippen LogP contribution is 2.30. The maximum Gasteiger partial charge on any atom is 0.259 e. The monoisotopic (exact) mass is 350 g/mol. The van der Waals surface area contributed by atoms with Gasteiger partial charge in [0.25, 0.3) is 5.91 Å². The van der Waals surface area contributed by atoms with Crippen molar-refractivity contribution in [2.24, 2.45) is 0 Å². The van der Waals surface area contributed by atoms with Gasteiger partial charge in [-0.3, -0.25) is 4.79 Å². The van der Waals surface area contributed by atoms with Gasteiger partial charge in [0.05, 0.1) is 31.2 Å². The number of hydrogen-bond acceptors (Lipinski definition) is 4. The molecule has 0 aliphatic rings. The summed E-state index contributed by atoms with van der Waals surface area (Å²) in [6, 6.07) is 10.4. The number of nitrogens with one attached hydrogen (secondary N) is 1. The Labute approximate surface area is 131 Å². The van der Waals surface area contributed by atoms with Gasteiger partial charge in [0.1, 0.15) is 5.75 Å². The van der Waals surface area contributed by atoms with Gasteiger partial charge < -0.3 is 20.5 Å². The lowest BCUT2D eigenvalue weighted by Gasteiger charge is -2.13. The van der Waals surface area contributed by atoms with Crippen LogP contribution in [0.5, 0.6) is 11.5 Å². The topological polar surface area (TPSA) is 73.6 Å². The second-order valence-corrected chi connectivity index (χ2v) is 5.14. The minimum atomic E-state index is -0.324. The van der Waals surface area contributed by atoms with Gasteiger partial charge in [0, 0.05) is 4.47 Å². The maximum absolute atomic E-state index is 12.4. The van der Waals surface area contributed by atoms with Crippen LogP contribution in [-0.2, 0) is 0 Å². The first-order valence-corrected chi connectivity index (χ1v) is 6.93. The highest BCUT2D eigenvalue weighted by atomic mass is 79.9. The molecule has 0 aliphatic carbocycles. The molecule has 3 N–H and O–H groups in total. The van der Waals surface area contributed by atoms with Gasteiger partial charge in [-0.15, -0.1) is 0 Å². The first-order chi connectivity index (χ1) is 10.1. The first kappa shape index (κ1) is 15.2. The lowest BCUT2D eigenvalue weighted by Crippen LogP contribution is -2.14. The molecule has 5 nitrogen and oxygen atoms in total. The third kappa shape index (κ3) is 3.28. The Morgan fingerprint density at radius 2 is 1.95 bits per heavy atom. The lowest BCUT2D eigenvalue weighted by molar-refractivity contribution is 0.102. The van der Waals surface area contributed by atoms with E-state index in [0.717, 1.165) is 4.47 Å². The number of nitrogens with two attached hydrogens (primary N) is 1. The number of ether oxygens (including phenoxy) is 2. The Bertz CT molecular complexity index is 674. The molecule has 0 heterocycles. The number of carbonyl (C=O) groups is 1.